The average molecular weight is 375 g/mol. The van der Waals surface area contributed by atoms with Gasteiger partial charge >= 0.3 is 5.97 Å². The topological polar surface area (TPSA) is 75.4 Å². The molecular weight excluding hydrogens is 354 g/mol. The van der Waals surface area contributed by atoms with Gasteiger partial charge in [0.25, 0.3) is 5.91 Å². The Morgan fingerprint density at radius 3 is 2.46 bits per heavy atom. The number of benzene rings is 2. The lowest BCUT2D eigenvalue weighted by Crippen LogP contribution is -2.39. The number of carboxylic acids is 1. The lowest BCUT2D eigenvalue weighted by molar-refractivity contribution is 0.0693. The molecule has 1 aliphatic rings. The van der Waals surface area contributed by atoms with Gasteiger partial charge in [0.05, 0.1) is 23.0 Å². The first kappa shape index (κ1) is 18.0. The van der Waals surface area contributed by atoms with E-state index in [2.05, 4.69) is 5.10 Å². The molecule has 0 saturated carbocycles. The Hall–Kier alpha value is -3.41. The van der Waals surface area contributed by atoms with Gasteiger partial charge in [-0.3, -0.25) is 4.79 Å². The number of rotatable bonds is 4. The summed E-state index contributed by atoms with van der Waals surface area (Å²) < 4.78 is 1.71. The SMILES string of the molecule is O=C(O)c1ccc(C2CCCN(C(=O)c3cnn(-c4ccccc4)c3)C2)cc1. The molecule has 1 amide bonds. The fraction of sp³-hybridized carbons (Fsp3) is 0.227. The highest BCUT2D eigenvalue weighted by molar-refractivity contribution is 5.94. The van der Waals surface area contributed by atoms with Crippen molar-refractivity contribution in [2.45, 2.75) is 18.8 Å². The molecule has 0 aliphatic carbocycles. The first-order chi connectivity index (χ1) is 13.6. The molecule has 1 unspecified atom stereocenters. The van der Waals surface area contributed by atoms with Crippen molar-refractivity contribution in [3.63, 3.8) is 0 Å². The van der Waals surface area contributed by atoms with Crippen LogP contribution in [0.4, 0.5) is 0 Å². The highest BCUT2D eigenvalue weighted by Gasteiger charge is 2.26. The van der Waals surface area contributed by atoms with Crippen molar-refractivity contribution < 1.29 is 14.7 Å². The van der Waals surface area contributed by atoms with Gasteiger partial charge < -0.3 is 10.0 Å². The molecule has 0 bridgehead atoms. The fourth-order valence-electron chi connectivity index (χ4n) is 3.67. The van der Waals surface area contributed by atoms with Crippen LogP contribution in [0.5, 0.6) is 0 Å². The van der Waals surface area contributed by atoms with Gasteiger partial charge in [-0.15, -0.1) is 0 Å². The van der Waals surface area contributed by atoms with E-state index in [9.17, 15) is 9.59 Å². The van der Waals surface area contributed by atoms with Crippen LogP contribution in [0, 0.1) is 0 Å². The molecule has 0 spiro atoms. The number of hydrogen-bond acceptors (Lipinski definition) is 3. The number of carbonyl (C=O) groups is 2. The highest BCUT2D eigenvalue weighted by Crippen LogP contribution is 2.28. The molecule has 1 atom stereocenters. The molecule has 1 aliphatic heterocycles. The minimum atomic E-state index is -0.928. The van der Waals surface area contributed by atoms with E-state index in [-0.39, 0.29) is 17.4 Å². The largest absolute Gasteiger partial charge is 0.478 e. The van der Waals surface area contributed by atoms with E-state index in [1.54, 1.807) is 29.2 Å². The maximum atomic E-state index is 13.0. The van der Waals surface area contributed by atoms with Crippen LogP contribution in [-0.4, -0.2) is 44.8 Å². The Labute approximate surface area is 163 Å². The summed E-state index contributed by atoms with van der Waals surface area (Å²) in [6, 6.07) is 16.7. The second kappa shape index (κ2) is 7.68. The van der Waals surface area contributed by atoms with Gasteiger partial charge in [-0.2, -0.15) is 5.10 Å². The van der Waals surface area contributed by atoms with Crippen LogP contribution >= 0.6 is 0 Å². The maximum Gasteiger partial charge on any atom is 0.335 e. The molecule has 142 valence electrons. The molecule has 1 saturated heterocycles. The zero-order valence-corrected chi connectivity index (χ0v) is 15.4. The Morgan fingerprint density at radius 1 is 1.00 bits per heavy atom. The molecule has 3 aromatic rings. The van der Waals surface area contributed by atoms with Crippen LogP contribution in [0.15, 0.2) is 67.0 Å². The van der Waals surface area contributed by atoms with Crippen LogP contribution in [0.2, 0.25) is 0 Å². The molecule has 1 N–H and O–H groups in total. The molecule has 4 rings (SSSR count). The lowest BCUT2D eigenvalue weighted by Gasteiger charge is -2.33. The third-order valence-corrected chi connectivity index (χ3v) is 5.19. The number of hydrogen-bond donors (Lipinski definition) is 1. The minimum Gasteiger partial charge on any atom is -0.478 e. The number of amides is 1. The van der Waals surface area contributed by atoms with E-state index in [1.807, 2.05) is 47.4 Å². The number of piperidine rings is 1. The summed E-state index contributed by atoms with van der Waals surface area (Å²) in [5, 5.41) is 13.4. The van der Waals surface area contributed by atoms with Gasteiger partial charge in [-0.05, 0) is 42.7 Å². The van der Waals surface area contributed by atoms with Crippen molar-refractivity contribution >= 4 is 11.9 Å². The number of nitrogens with zero attached hydrogens (tertiary/aromatic N) is 3. The van der Waals surface area contributed by atoms with Crippen LogP contribution < -0.4 is 0 Å². The van der Waals surface area contributed by atoms with E-state index in [1.165, 1.54) is 0 Å². The second-order valence-electron chi connectivity index (χ2n) is 7.03. The Bertz CT molecular complexity index is 980. The van der Waals surface area contributed by atoms with E-state index in [4.69, 9.17) is 5.11 Å². The first-order valence-electron chi connectivity index (χ1n) is 9.34. The molecule has 2 heterocycles. The van der Waals surface area contributed by atoms with Crippen molar-refractivity contribution in [1.29, 1.82) is 0 Å². The quantitative estimate of drug-likeness (QED) is 0.756. The summed E-state index contributed by atoms with van der Waals surface area (Å²) in [4.78, 5) is 25.9. The number of aromatic carboxylic acids is 1. The minimum absolute atomic E-state index is 0.0194. The maximum absolute atomic E-state index is 13.0. The van der Waals surface area contributed by atoms with Crippen LogP contribution in [0.25, 0.3) is 5.69 Å². The zero-order valence-electron chi connectivity index (χ0n) is 15.4. The number of likely N-dealkylation sites (tertiary alicyclic amines) is 1. The van der Waals surface area contributed by atoms with E-state index >= 15 is 0 Å². The van der Waals surface area contributed by atoms with Crippen molar-refractivity contribution in [2.24, 2.45) is 0 Å². The first-order valence-corrected chi connectivity index (χ1v) is 9.34. The normalized spacial score (nSPS) is 16.7. The van der Waals surface area contributed by atoms with Gasteiger partial charge in [0.1, 0.15) is 0 Å². The third-order valence-electron chi connectivity index (χ3n) is 5.19. The van der Waals surface area contributed by atoms with Gasteiger partial charge in [0.2, 0.25) is 0 Å². The Morgan fingerprint density at radius 2 is 1.75 bits per heavy atom. The summed E-state index contributed by atoms with van der Waals surface area (Å²) in [5.74, 6) is -0.735. The number of carboxylic acid groups (broad SMARTS) is 1. The molecule has 6 nitrogen and oxygen atoms in total. The molecule has 2 aromatic carbocycles. The molecule has 0 radical (unpaired) electrons. The van der Waals surface area contributed by atoms with E-state index < -0.39 is 5.97 Å². The Kier molecular flexibility index (Phi) is 4.93. The van der Waals surface area contributed by atoms with Crippen molar-refractivity contribution in [1.82, 2.24) is 14.7 Å². The molecule has 1 fully saturated rings. The van der Waals surface area contributed by atoms with Crippen LogP contribution in [0.3, 0.4) is 0 Å². The summed E-state index contributed by atoms with van der Waals surface area (Å²) >= 11 is 0. The molecule has 28 heavy (non-hydrogen) atoms. The predicted molar refractivity (Wildman–Crippen MR) is 105 cm³/mol. The van der Waals surface area contributed by atoms with E-state index in [0.29, 0.717) is 12.1 Å². The third kappa shape index (κ3) is 3.67. The predicted octanol–water partition coefficient (Wildman–Crippen LogP) is 3.59. The van der Waals surface area contributed by atoms with Crippen LogP contribution in [0.1, 0.15) is 45.0 Å². The van der Waals surface area contributed by atoms with Gasteiger partial charge in [-0.25, -0.2) is 9.48 Å². The number of carbonyl (C=O) groups excluding carboxylic acids is 1. The van der Waals surface area contributed by atoms with Crippen molar-refractivity contribution in [2.75, 3.05) is 13.1 Å². The van der Waals surface area contributed by atoms with Gasteiger partial charge in [-0.1, -0.05) is 30.3 Å². The number of aromatic nitrogens is 2. The summed E-state index contributed by atoms with van der Waals surface area (Å²) in [7, 11) is 0. The summed E-state index contributed by atoms with van der Waals surface area (Å²) in [6.07, 6.45) is 5.28. The van der Waals surface area contributed by atoms with Gasteiger partial charge in [0, 0.05) is 25.2 Å². The highest BCUT2D eigenvalue weighted by atomic mass is 16.4. The second-order valence-corrected chi connectivity index (χ2v) is 7.03. The van der Waals surface area contributed by atoms with E-state index in [0.717, 1.165) is 30.6 Å². The number of para-hydroxylation sites is 1. The van der Waals surface area contributed by atoms with Crippen LogP contribution in [-0.2, 0) is 0 Å². The molecule has 6 heteroatoms. The van der Waals surface area contributed by atoms with Crippen molar-refractivity contribution in [3.8, 4) is 5.69 Å². The summed E-state index contributed by atoms with van der Waals surface area (Å²) in [5.41, 5.74) is 2.84. The molecule has 1 aromatic heterocycles. The Balaban J connectivity index is 1.48. The fourth-order valence-corrected chi connectivity index (χ4v) is 3.67. The average Bonchev–Trinajstić information content (AvgIpc) is 3.24. The molecular formula is C22H21N3O3. The summed E-state index contributed by atoms with van der Waals surface area (Å²) in [6.45, 7) is 1.35. The standard InChI is InChI=1S/C22H21N3O3/c26-21(19-13-23-25(15-19)20-6-2-1-3-7-20)24-12-4-5-18(14-24)16-8-10-17(11-9-16)22(27)28/h1-3,6-11,13,15,18H,4-5,12,14H2,(H,27,28). The van der Waals surface area contributed by atoms with Gasteiger partial charge in [0.15, 0.2) is 0 Å². The smallest absolute Gasteiger partial charge is 0.335 e. The van der Waals surface area contributed by atoms with Crippen molar-refractivity contribution in [3.05, 3.63) is 83.7 Å². The monoisotopic (exact) mass is 375 g/mol. The lowest BCUT2D eigenvalue weighted by atomic mass is 9.90. The zero-order chi connectivity index (χ0) is 19.5.